The van der Waals surface area contributed by atoms with Gasteiger partial charge in [0.15, 0.2) is 11.4 Å². The molecule has 15 heavy (non-hydrogen) atoms. The largest absolute Gasteiger partial charge is 0.475 e. The Kier molecular flexibility index (Phi) is 2.19. The first-order valence-electron chi connectivity index (χ1n) is 4.57. The van der Waals surface area contributed by atoms with E-state index in [2.05, 4.69) is 0 Å². The van der Waals surface area contributed by atoms with Crippen molar-refractivity contribution in [2.75, 3.05) is 0 Å². The third kappa shape index (κ3) is 1.58. The summed E-state index contributed by atoms with van der Waals surface area (Å²) < 4.78 is 18.3. The van der Waals surface area contributed by atoms with Crippen molar-refractivity contribution in [1.82, 2.24) is 0 Å². The molecule has 0 fully saturated rings. The molecule has 0 spiro atoms. The van der Waals surface area contributed by atoms with Gasteiger partial charge in [0.25, 0.3) is 0 Å². The number of hydrogen-bond donors (Lipinski definition) is 1. The Hall–Kier alpha value is -1.84. The van der Waals surface area contributed by atoms with Crippen LogP contribution in [0.1, 0.15) is 23.0 Å². The second-order valence-electron chi connectivity index (χ2n) is 3.27. The summed E-state index contributed by atoms with van der Waals surface area (Å²) in [6.07, 6.45) is 0.695. The van der Waals surface area contributed by atoms with Crippen LogP contribution in [0.15, 0.2) is 22.6 Å². The molecule has 0 aliphatic carbocycles. The minimum Gasteiger partial charge on any atom is -0.475 e. The maximum atomic E-state index is 13.4. The maximum Gasteiger partial charge on any atom is 0.371 e. The van der Waals surface area contributed by atoms with Gasteiger partial charge in [0.1, 0.15) is 0 Å². The molecule has 2 rings (SSSR count). The number of carbonyl (C=O) groups is 1. The number of carboxylic acids is 1. The number of benzene rings is 1. The van der Waals surface area contributed by atoms with E-state index in [0.29, 0.717) is 11.8 Å². The fourth-order valence-corrected chi connectivity index (χ4v) is 1.48. The lowest BCUT2D eigenvalue weighted by Crippen LogP contribution is -1.91. The molecule has 0 aliphatic rings. The van der Waals surface area contributed by atoms with Crippen LogP contribution in [0.2, 0.25) is 0 Å². The second-order valence-corrected chi connectivity index (χ2v) is 3.27. The quantitative estimate of drug-likeness (QED) is 0.825. The standard InChI is InChI=1S/C11H9FO3/c1-2-6-3-7-5-9(11(13)14)15-10(7)8(12)4-6/h3-5H,2H2,1H3,(H,13,14). The summed E-state index contributed by atoms with van der Waals surface area (Å²) in [7, 11) is 0. The summed E-state index contributed by atoms with van der Waals surface area (Å²) in [4.78, 5) is 10.6. The Balaban J connectivity index is 2.69. The number of fused-ring (bicyclic) bond motifs is 1. The van der Waals surface area contributed by atoms with E-state index >= 15 is 0 Å². The van der Waals surface area contributed by atoms with Gasteiger partial charge in [-0.3, -0.25) is 0 Å². The van der Waals surface area contributed by atoms with Gasteiger partial charge in [-0.15, -0.1) is 0 Å². The molecule has 0 atom stereocenters. The molecule has 3 nitrogen and oxygen atoms in total. The summed E-state index contributed by atoms with van der Waals surface area (Å²) in [5.74, 6) is -1.95. The van der Waals surface area contributed by atoms with Crippen molar-refractivity contribution in [3.05, 3.63) is 35.3 Å². The highest BCUT2D eigenvalue weighted by atomic mass is 19.1. The Morgan fingerprint density at radius 2 is 2.20 bits per heavy atom. The van der Waals surface area contributed by atoms with Gasteiger partial charge < -0.3 is 9.52 Å². The summed E-state index contributed by atoms with van der Waals surface area (Å²) in [6, 6.07) is 4.42. The van der Waals surface area contributed by atoms with Gasteiger partial charge in [0.2, 0.25) is 5.76 Å². The molecule has 0 saturated carbocycles. The fourth-order valence-electron chi connectivity index (χ4n) is 1.48. The molecule has 0 unspecified atom stereocenters. The molecule has 1 aromatic heterocycles. The van der Waals surface area contributed by atoms with Crippen molar-refractivity contribution in [3.8, 4) is 0 Å². The van der Waals surface area contributed by atoms with Gasteiger partial charge in [-0.05, 0) is 30.2 Å². The molecule has 4 heteroatoms. The fraction of sp³-hybridized carbons (Fsp3) is 0.182. The van der Waals surface area contributed by atoms with Crippen LogP contribution in [0.5, 0.6) is 0 Å². The molecule has 0 aliphatic heterocycles. The Labute approximate surface area is 85.1 Å². The molecule has 1 aromatic carbocycles. The van der Waals surface area contributed by atoms with Gasteiger partial charge in [0.05, 0.1) is 0 Å². The van der Waals surface area contributed by atoms with Crippen LogP contribution in [0.25, 0.3) is 11.0 Å². The van der Waals surface area contributed by atoms with E-state index in [1.807, 2.05) is 6.92 Å². The van der Waals surface area contributed by atoms with E-state index in [1.54, 1.807) is 6.07 Å². The van der Waals surface area contributed by atoms with Crippen LogP contribution in [-0.4, -0.2) is 11.1 Å². The summed E-state index contributed by atoms with van der Waals surface area (Å²) in [5.41, 5.74) is 0.822. The molecule has 0 amide bonds. The number of halogens is 1. The van der Waals surface area contributed by atoms with Gasteiger partial charge in [-0.25, -0.2) is 9.18 Å². The second kappa shape index (κ2) is 3.38. The van der Waals surface area contributed by atoms with E-state index < -0.39 is 11.8 Å². The average Bonchev–Trinajstić information content (AvgIpc) is 2.61. The Bertz CT molecular complexity index is 528. The van der Waals surface area contributed by atoms with Gasteiger partial charge in [-0.2, -0.15) is 0 Å². The van der Waals surface area contributed by atoms with E-state index in [0.717, 1.165) is 5.56 Å². The number of aromatic carboxylic acids is 1. The molecule has 78 valence electrons. The first-order valence-corrected chi connectivity index (χ1v) is 4.57. The van der Waals surface area contributed by atoms with E-state index in [1.165, 1.54) is 12.1 Å². The van der Waals surface area contributed by atoms with Crippen LogP contribution in [0, 0.1) is 5.82 Å². The van der Waals surface area contributed by atoms with Gasteiger partial charge >= 0.3 is 5.97 Å². The molecule has 0 saturated heterocycles. The summed E-state index contributed by atoms with van der Waals surface area (Å²) in [6.45, 7) is 1.90. The average molecular weight is 208 g/mol. The predicted octanol–water partition coefficient (Wildman–Crippen LogP) is 2.83. The van der Waals surface area contributed by atoms with Crippen LogP contribution < -0.4 is 0 Å². The first-order chi connectivity index (χ1) is 7.11. The summed E-state index contributed by atoms with van der Waals surface area (Å²) in [5, 5.41) is 9.18. The SMILES string of the molecule is CCc1cc(F)c2oc(C(=O)O)cc2c1. The van der Waals surface area contributed by atoms with Crippen LogP contribution >= 0.6 is 0 Å². The smallest absolute Gasteiger partial charge is 0.371 e. The van der Waals surface area contributed by atoms with Gasteiger partial charge in [0, 0.05) is 5.39 Å². The Morgan fingerprint density at radius 1 is 1.47 bits per heavy atom. The van der Waals surface area contributed by atoms with Crippen molar-refractivity contribution in [1.29, 1.82) is 0 Å². The number of furan rings is 1. The normalized spacial score (nSPS) is 10.8. The summed E-state index contributed by atoms with van der Waals surface area (Å²) >= 11 is 0. The molecule has 1 heterocycles. The topological polar surface area (TPSA) is 50.4 Å². The van der Waals surface area contributed by atoms with Crippen molar-refractivity contribution in [2.24, 2.45) is 0 Å². The molecular formula is C11H9FO3. The Morgan fingerprint density at radius 3 is 2.80 bits per heavy atom. The van der Waals surface area contributed by atoms with Gasteiger partial charge in [-0.1, -0.05) is 6.92 Å². The first kappa shape index (κ1) is 9.71. The van der Waals surface area contributed by atoms with Crippen LogP contribution in [0.3, 0.4) is 0 Å². The monoisotopic (exact) mass is 208 g/mol. The highest BCUT2D eigenvalue weighted by Gasteiger charge is 2.13. The van der Waals surface area contributed by atoms with Crippen molar-refractivity contribution < 1.29 is 18.7 Å². The van der Waals surface area contributed by atoms with Crippen LogP contribution in [0.4, 0.5) is 4.39 Å². The number of carboxylic acid groups (broad SMARTS) is 1. The van der Waals surface area contributed by atoms with E-state index in [9.17, 15) is 9.18 Å². The zero-order valence-electron chi connectivity index (χ0n) is 8.08. The van der Waals surface area contributed by atoms with Crippen LogP contribution in [-0.2, 0) is 6.42 Å². The zero-order chi connectivity index (χ0) is 11.0. The molecule has 1 N–H and O–H groups in total. The molecule has 0 radical (unpaired) electrons. The van der Waals surface area contributed by atoms with E-state index in [-0.39, 0.29) is 11.3 Å². The molecular weight excluding hydrogens is 199 g/mol. The zero-order valence-corrected chi connectivity index (χ0v) is 8.08. The van der Waals surface area contributed by atoms with Crippen molar-refractivity contribution in [3.63, 3.8) is 0 Å². The number of aryl methyl sites for hydroxylation is 1. The molecule has 0 bridgehead atoms. The lowest BCUT2D eigenvalue weighted by atomic mass is 10.1. The number of hydrogen-bond acceptors (Lipinski definition) is 2. The lowest BCUT2D eigenvalue weighted by molar-refractivity contribution is 0.0665. The van der Waals surface area contributed by atoms with Crippen molar-refractivity contribution in [2.45, 2.75) is 13.3 Å². The van der Waals surface area contributed by atoms with Crippen molar-refractivity contribution >= 4 is 16.9 Å². The highest BCUT2D eigenvalue weighted by molar-refractivity contribution is 5.91. The minimum atomic E-state index is -1.19. The third-order valence-electron chi connectivity index (χ3n) is 2.25. The third-order valence-corrected chi connectivity index (χ3v) is 2.25. The highest BCUT2D eigenvalue weighted by Crippen LogP contribution is 2.24. The minimum absolute atomic E-state index is 0.00426. The molecule has 2 aromatic rings. The predicted molar refractivity (Wildman–Crippen MR) is 52.5 cm³/mol. The lowest BCUT2D eigenvalue weighted by Gasteiger charge is -1.96. The van der Waals surface area contributed by atoms with E-state index in [4.69, 9.17) is 9.52 Å². The number of rotatable bonds is 2. The maximum absolute atomic E-state index is 13.4.